The fraction of sp³-hybridized carbons (Fsp3) is 0.348. The summed E-state index contributed by atoms with van der Waals surface area (Å²) < 4.78 is 7.24. The number of hydrogen-bond acceptors (Lipinski definition) is 6. The summed E-state index contributed by atoms with van der Waals surface area (Å²) in [7, 11) is 1.50. The van der Waals surface area contributed by atoms with E-state index in [1.807, 2.05) is 36.6 Å². The zero-order valence-electron chi connectivity index (χ0n) is 17.9. The van der Waals surface area contributed by atoms with E-state index in [0.29, 0.717) is 17.0 Å². The number of rotatable bonds is 5. The highest BCUT2D eigenvalue weighted by atomic mass is 16.6. The molecular formula is C23H22N4O5. The number of methoxy groups -OCH3 is 1. The first-order valence-electron chi connectivity index (χ1n) is 10.4. The van der Waals surface area contributed by atoms with Gasteiger partial charge >= 0.3 is 0 Å². The number of nitro benzene ring substituents is 1. The lowest BCUT2D eigenvalue weighted by atomic mass is 9.85. The molecule has 5 rings (SSSR count). The van der Waals surface area contributed by atoms with E-state index in [4.69, 9.17) is 4.74 Å². The fourth-order valence-corrected chi connectivity index (χ4v) is 5.38. The van der Waals surface area contributed by atoms with Gasteiger partial charge in [0.2, 0.25) is 0 Å². The van der Waals surface area contributed by atoms with E-state index in [-0.39, 0.29) is 41.2 Å². The van der Waals surface area contributed by atoms with Crippen LogP contribution < -0.4 is 4.74 Å². The number of nitro groups is 1. The average molecular weight is 434 g/mol. The number of non-ortho nitro benzene ring substituents is 1. The summed E-state index contributed by atoms with van der Waals surface area (Å²) in [6.45, 7) is 3.71. The zero-order chi connectivity index (χ0) is 22.7. The molecule has 1 saturated heterocycles. The molecule has 2 fully saturated rings. The lowest BCUT2D eigenvalue weighted by molar-refractivity contribution is -0.384. The van der Waals surface area contributed by atoms with Crippen molar-refractivity contribution in [3.63, 3.8) is 0 Å². The number of imide groups is 1. The number of carbonyl (C=O) groups is 2. The maximum Gasteiger partial charge on any atom is 0.271 e. The molecule has 0 radical (unpaired) electrons. The molecule has 1 aromatic carbocycles. The molecular weight excluding hydrogens is 412 g/mol. The van der Waals surface area contributed by atoms with Crippen LogP contribution in [0.3, 0.4) is 0 Å². The van der Waals surface area contributed by atoms with Crippen LogP contribution in [0.2, 0.25) is 0 Å². The molecule has 2 aromatic rings. The van der Waals surface area contributed by atoms with Gasteiger partial charge in [-0.25, -0.2) is 0 Å². The molecule has 2 aliphatic carbocycles. The van der Waals surface area contributed by atoms with Crippen molar-refractivity contribution >= 4 is 23.7 Å². The Kier molecular flexibility index (Phi) is 4.51. The topological polar surface area (TPSA) is 107 Å². The third-order valence-electron chi connectivity index (χ3n) is 6.84. The summed E-state index contributed by atoms with van der Waals surface area (Å²) in [6, 6.07) is 6.26. The van der Waals surface area contributed by atoms with Crippen molar-refractivity contribution in [3.05, 3.63) is 63.5 Å². The van der Waals surface area contributed by atoms with Gasteiger partial charge in [0.05, 0.1) is 35.8 Å². The van der Waals surface area contributed by atoms with Gasteiger partial charge in [-0.2, -0.15) is 10.1 Å². The minimum Gasteiger partial charge on any atom is -0.495 e. The molecule has 2 heterocycles. The third kappa shape index (κ3) is 2.80. The van der Waals surface area contributed by atoms with Gasteiger partial charge in [-0.15, -0.1) is 0 Å². The van der Waals surface area contributed by atoms with Crippen LogP contribution in [0.15, 0.2) is 41.5 Å². The first-order chi connectivity index (χ1) is 15.3. The van der Waals surface area contributed by atoms with E-state index in [1.54, 1.807) is 6.07 Å². The van der Waals surface area contributed by atoms with Crippen LogP contribution >= 0.6 is 0 Å². The fourth-order valence-electron chi connectivity index (χ4n) is 5.38. The van der Waals surface area contributed by atoms with Crippen LogP contribution in [0.4, 0.5) is 5.69 Å². The van der Waals surface area contributed by atoms with Crippen LogP contribution in [0, 0.1) is 47.6 Å². The summed E-state index contributed by atoms with van der Waals surface area (Å²) in [6.07, 6.45) is 6.47. The predicted octanol–water partition coefficient (Wildman–Crippen LogP) is 3.15. The van der Waals surface area contributed by atoms with Gasteiger partial charge in [-0.1, -0.05) is 12.2 Å². The van der Waals surface area contributed by atoms with Crippen LogP contribution in [-0.2, 0) is 9.59 Å². The SMILES string of the molecule is COc1ccc([N+](=O)[O-])cc1-n1c(C)cc(C=NN2C(=O)[C@@H]3[C@H](C2=O)[C@H]2C=C[C@H]3C2)c1C. The Bertz CT molecular complexity index is 1200. The number of nitrogens with zero attached hydrogens (tertiary/aromatic N) is 4. The number of ether oxygens (including phenoxy) is 1. The number of aryl methyl sites for hydroxylation is 1. The van der Waals surface area contributed by atoms with E-state index >= 15 is 0 Å². The quantitative estimate of drug-likeness (QED) is 0.236. The number of allylic oxidation sites excluding steroid dienone is 2. The molecule has 2 amide bonds. The van der Waals surface area contributed by atoms with Crippen molar-refractivity contribution in [1.29, 1.82) is 0 Å². The lowest BCUT2D eigenvalue weighted by Crippen LogP contribution is -2.28. The van der Waals surface area contributed by atoms with Crippen molar-refractivity contribution < 1.29 is 19.2 Å². The number of carbonyl (C=O) groups excluding carboxylic acids is 2. The van der Waals surface area contributed by atoms with E-state index in [1.165, 1.54) is 25.5 Å². The number of aromatic nitrogens is 1. The number of hydrazone groups is 1. The van der Waals surface area contributed by atoms with Gasteiger partial charge in [0.1, 0.15) is 5.75 Å². The molecule has 1 saturated carbocycles. The predicted molar refractivity (Wildman–Crippen MR) is 116 cm³/mol. The first kappa shape index (κ1) is 20.2. The van der Waals surface area contributed by atoms with Gasteiger partial charge in [-0.3, -0.25) is 19.7 Å². The van der Waals surface area contributed by atoms with Crippen molar-refractivity contribution in [2.24, 2.45) is 28.8 Å². The summed E-state index contributed by atoms with van der Waals surface area (Å²) in [5.74, 6) is -0.306. The maximum absolute atomic E-state index is 12.8. The molecule has 2 bridgehead atoms. The summed E-state index contributed by atoms with van der Waals surface area (Å²) in [5.41, 5.74) is 2.75. The molecule has 32 heavy (non-hydrogen) atoms. The van der Waals surface area contributed by atoms with Crippen molar-refractivity contribution in [2.75, 3.05) is 7.11 Å². The Labute approximate surface area is 184 Å². The first-order valence-corrected chi connectivity index (χ1v) is 10.4. The molecule has 164 valence electrons. The Morgan fingerprint density at radius 2 is 1.78 bits per heavy atom. The molecule has 0 unspecified atom stereocenters. The van der Waals surface area contributed by atoms with Gasteiger partial charge < -0.3 is 9.30 Å². The molecule has 9 heteroatoms. The van der Waals surface area contributed by atoms with Crippen LogP contribution in [0.5, 0.6) is 5.75 Å². The second-order valence-corrected chi connectivity index (χ2v) is 8.51. The van der Waals surface area contributed by atoms with E-state index in [2.05, 4.69) is 5.10 Å². The molecule has 4 atom stereocenters. The second kappa shape index (κ2) is 7.15. The van der Waals surface area contributed by atoms with Crippen LogP contribution in [0.25, 0.3) is 5.69 Å². The summed E-state index contributed by atoms with van der Waals surface area (Å²) in [4.78, 5) is 36.5. The number of fused-ring (bicyclic) bond motifs is 5. The Morgan fingerprint density at radius 3 is 2.38 bits per heavy atom. The highest BCUT2D eigenvalue weighted by Crippen LogP contribution is 2.52. The number of benzene rings is 1. The Morgan fingerprint density at radius 1 is 1.12 bits per heavy atom. The van der Waals surface area contributed by atoms with Crippen LogP contribution in [-0.4, -0.2) is 39.6 Å². The smallest absolute Gasteiger partial charge is 0.271 e. The minimum atomic E-state index is -0.455. The monoisotopic (exact) mass is 434 g/mol. The van der Waals surface area contributed by atoms with Gasteiger partial charge in [0.25, 0.3) is 17.5 Å². The third-order valence-corrected chi connectivity index (χ3v) is 6.84. The Hall–Kier alpha value is -3.75. The molecule has 1 aromatic heterocycles. The standard InChI is InChI=1S/C23H22N4O5/c1-12-8-16(13(2)25(12)18-10-17(27(30)31)6-7-19(18)32-3)11-24-26-22(28)20-14-4-5-15(9-14)21(20)23(26)29/h4-8,10-11,14-15,20-21H,9H2,1-3H3/t14-,15-,20-,21+/m0/s1. The second-order valence-electron chi connectivity index (χ2n) is 8.51. The van der Waals surface area contributed by atoms with Crippen molar-refractivity contribution in [3.8, 4) is 11.4 Å². The van der Waals surface area contributed by atoms with Crippen LogP contribution in [0.1, 0.15) is 23.4 Å². The highest BCUT2D eigenvalue weighted by Gasteiger charge is 2.59. The molecule has 1 aliphatic heterocycles. The minimum absolute atomic E-state index is 0.0495. The maximum atomic E-state index is 12.8. The van der Waals surface area contributed by atoms with Gasteiger partial charge in [-0.05, 0) is 44.2 Å². The Balaban J connectivity index is 1.48. The number of amides is 2. The van der Waals surface area contributed by atoms with Gasteiger partial charge in [0.15, 0.2) is 0 Å². The molecule has 0 N–H and O–H groups in total. The highest BCUT2D eigenvalue weighted by molar-refractivity contribution is 6.06. The summed E-state index contributed by atoms with van der Waals surface area (Å²) >= 11 is 0. The molecule has 9 nitrogen and oxygen atoms in total. The lowest BCUT2D eigenvalue weighted by Gasteiger charge is -2.14. The van der Waals surface area contributed by atoms with Gasteiger partial charge in [0, 0.05) is 29.1 Å². The molecule has 3 aliphatic rings. The average Bonchev–Trinajstić information content (AvgIpc) is 3.50. The number of hydrogen-bond donors (Lipinski definition) is 0. The summed E-state index contributed by atoms with van der Waals surface area (Å²) in [5, 5.41) is 16.5. The normalized spacial score (nSPS) is 25.9. The zero-order valence-corrected chi connectivity index (χ0v) is 17.9. The van der Waals surface area contributed by atoms with Crippen molar-refractivity contribution in [1.82, 2.24) is 9.58 Å². The molecule has 0 spiro atoms. The van der Waals surface area contributed by atoms with Crippen molar-refractivity contribution in [2.45, 2.75) is 20.3 Å². The van der Waals surface area contributed by atoms with E-state index < -0.39 is 4.92 Å². The largest absolute Gasteiger partial charge is 0.495 e. The van der Waals surface area contributed by atoms with E-state index in [9.17, 15) is 19.7 Å². The van der Waals surface area contributed by atoms with E-state index in [0.717, 1.165) is 22.8 Å².